The fourth-order valence-corrected chi connectivity index (χ4v) is 8.86. The van der Waals surface area contributed by atoms with E-state index in [4.69, 9.17) is 4.43 Å². The molecule has 0 saturated heterocycles. The molecule has 1 aliphatic rings. The Kier molecular flexibility index (Phi) is 8.96. The van der Waals surface area contributed by atoms with Crippen LogP contribution in [0.1, 0.15) is 65.0 Å². The van der Waals surface area contributed by atoms with Crippen LogP contribution in [0.25, 0.3) is 0 Å². The van der Waals surface area contributed by atoms with Gasteiger partial charge >= 0.3 is 0 Å². The van der Waals surface area contributed by atoms with Crippen molar-refractivity contribution < 1.29 is 4.43 Å². The van der Waals surface area contributed by atoms with E-state index in [-0.39, 0.29) is 11.5 Å². The summed E-state index contributed by atoms with van der Waals surface area (Å²) in [6.07, 6.45) is 4.96. The summed E-state index contributed by atoms with van der Waals surface area (Å²) in [7, 11) is -1.47. The van der Waals surface area contributed by atoms with E-state index < -0.39 is 9.04 Å². The van der Waals surface area contributed by atoms with Crippen LogP contribution in [0.5, 0.6) is 0 Å². The molecule has 5 rings (SSSR count). The lowest BCUT2D eigenvalue weighted by Crippen LogP contribution is -2.47. The minimum absolute atomic E-state index is 0.0542. The van der Waals surface area contributed by atoms with Gasteiger partial charge < -0.3 is 9.33 Å². The molecule has 0 amide bonds. The van der Waals surface area contributed by atoms with Crippen LogP contribution in [0, 0.1) is 5.41 Å². The predicted octanol–water partition coefficient (Wildman–Crippen LogP) is 8.78. The van der Waals surface area contributed by atoms with E-state index >= 15 is 0 Å². The predicted molar refractivity (Wildman–Crippen MR) is 169 cm³/mol. The first-order chi connectivity index (χ1) is 19.0. The monoisotopic (exact) mass is 550 g/mol. The second kappa shape index (κ2) is 12.6. The van der Waals surface area contributed by atoms with Crippen LogP contribution < -0.4 is 15.3 Å². The SMILES string of the molecule is CCCCCCN1c2ccccc2Sc2c(C(O[Si](c3ccccc3)c3ccccc3)C(C)(C)C)cccc21. The molecule has 0 aliphatic carbocycles. The van der Waals surface area contributed by atoms with Gasteiger partial charge in [0.15, 0.2) is 0 Å². The molecular weight excluding hydrogens is 511 g/mol. The molecule has 1 aliphatic heterocycles. The second-order valence-electron chi connectivity index (χ2n) is 11.4. The smallest absolute Gasteiger partial charge is 0.283 e. The first-order valence-corrected chi connectivity index (χ1v) is 16.5. The quantitative estimate of drug-likeness (QED) is 0.145. The summed E-state index contributed by atoms with van der Waals surface area (Å²) in [6, 6.07) is 37.3. The number of para-hydroxylation sites is 1. The van der Waals surface area contributed by atoms with E-state index in [0.717, 1.165) is 6.54 Å². The van der Waals surface area contributed by atoms with Gasteiger partial charge in [-0.2, -0.15) is 0 Å². The Hall–Kier alpha value is -2.79. The zero-order valence-corrected chi connectivity index (χ0v) is 25.5. The van der Waals surface area contributed by atoms with Crippen LogP contribution >= 0.6 is 11.8 Å². The molecule has 0 bridgehead atoms. The molecule has 201 valence electrons. The molecule has 1 heterocycles. The van der Waals surface area contributed by atoms with Crippen LogP contribution in [0.2, 0.25) is 0 Å². The van der Waals surface area contributed by atoms with Gasteiger partial charge in [-0.1, -0.05) is 144 Å². The largest absolute Gasteiger partial charge is 0.400 e. The maximum absolute atomic E-state index is 7.35. The highest BCUT2D eigenvalue weighted by molar-refractivity contribution is 7.99. The summed E-state index contributed by atoms with van der Waals surface area (Å²) in [6.45, 7) is 10.3. The van der Waals surface area contributed by atoms with Crippen molar-refractivity contribution in [1.82, 2.24) is 0 Å². The third-order valence-corrected chi connectivity index (χ3v) is 10.7. The van der Waals surface area contributed by atoms with Crippen LogP contribution in [-0.2, 0) is 4.43 Å². The van der Waals surface area contributed by atoms with Crippen LogP contribution in [0.3, 0.4) is 0 Å². The van der Waals surface area contributed by atoms with Crippen molar-refractivity contribution in [1.29, 1.82) is 0 Å². The van der Waals surface area contributed by atoms with Crippen LogP contribution in [-0.4, -0.2) is 15.6 Å². The van der Waals surface area contributed by atoms with Crippen LogP contribution in [0.15, 0.2) is 113 Å². The lowest BCUT2D eigenvalue weighted by atomic mass is 9.84. The fraction of sp³-hybridized carbons (Fsp3) is 0.314. The maximum Gasteiger partial charge on any atom is 0.283 e. The van der Waals surface area contributed by atoms with E-state index in [1.165, 1.54) is 62.8 Å². The van der Waals surface area contributed by atoms with Gasteiger partial charge in [0.25, 0.3) is 9.04 Å². The highest BCUT2D eigenvalue weighted by Gasteiger charge is 2.36. The Morgan fingerprint density at radius 2 is 1.33 bits per heavy atom. The third kappa shape index (κ3) is 6.35. The topological polar surface area (TPSA) is 12.5 Å². The molecule has 4 aromatic carbocycles. The minimum Gasteiger partial charge on any atom is -0.400 e. The lowest BCUT2D eigenvalue weighted by Gasteiger charge is -2.39. The van der Waals surface area contributed by atoms with E-state index in [2.05, 4.69) is 136 Å². The average molecular weight is 551 g/mol. The molecule has 1 radical (unpaired) electrons. The molecule has 39 heavy (non-hydrogen) atoms. The molecule has 0 aromatic heterocycles. The van der Waals surface area contributed by atoms with Crippen molar-refractivity contribution >= 4 is 42.6 Å². The minimum atomic E-state index is -1.47. The Morgan fingerprint density at radius 3 is 1.97 bits per heavy atom. The van der Waals surface area contributed by atoms with E-state index in [0.29, 0.717) is 0 Å². The summed E-state index contributed by atoms with van der Waals surface area (Å²) in [5, 5.41) is 2.56. The van der Waals surface area contributed by atoms with Crippen molar-refractivity contribution in [2.75, 3.05) is 11.4 Å². The highest BCUT2D eigenvalue weighted by atomic mass is 32.2. The summed E-state index contributed by atoms with van der Waals surface area (Å²) in [5.41, 5.74) is 3.86. The van der Waals surface area contributed by atoms with Gasteiger partial charge in [-0.05, 0) is 46.0 Å². The van der Waals surface area contributed by atoms with Crippen molar-refractivity contribution in [2.24, 2.45) is 5.41 Å². The maximum atomic E-state index is 7.35. The zero-order chi connectivity index (χ0) is 27.2. The molecule has 4 aromatic rings. The molecule has 0 fully saturated rings. The summed E-state index contributed by atoms with van der Waals surface area (Å²) >= 11 is 1.91. The highest BCUT2D eigenvalue weighted by Crippen LogP contribution is 2.52. The van der Waals surface area contributed by atoms with Crippen molar-refractivity contribution in [2.45, 2.75) is 69.3 Å². The number of nitrogens with zero attached hydrogens (tertiary/aromatic N) is 1. The standard InChI is InChI=1S/C35H40NOSSi/c1-5-6-7-16-26-36-30-23-14-15-25-32(30)38-33-29(22-17-24-31(33)36)34(35(2,3)4)37-39(27-18-10-8-11-19-27)28-20-12-9-13-21-28/h8-15,17-25,34H,5-7,16,26H2,1-4H3. The Labute approximate surface area is 241 Å². The number of hydrogen-bond acceptors (Lipinski definition) is 3. The van der Waals surface area contributed by atoms with Crippen molar-refractivity contribution in [3.05, 3.63) is 109 Å². The summed E-state index contributed by atoms with van der Waals surface area (Å²) in [4.78, 5) is 5.23. The Bertz CT molecular complexity index is 1310. The molecular formula is C35H40NOSSi. The van der Waals surface area contributed by atoms with Gasteiger partial charge in [0, 0.05) is 16.3 Å². The number of benzene rings is 4. The average Bonchev–Trinajstić information content (AvgIpc) is 2.95. The molecule has 2 nitrogen and oxygen atoms in total. The number of hydrogen-bond donors (Lipinski definition) is 0. The number of unbranched alkanes of at least 4 members (excludes halogenated alkanes) is 3. The molecule has 0 spiro atoms. The number of anilines is 2. The fourth-order valence-electron chi connectivity index (χ4n) is 5.32. The molecule has 1 unspecified atom stereocenters. The molecule has 1 atom stereocenters. The van der Waals surface area contributed by atoms with Gasteiger partial charge in [-0.25, -0.2) is 0 Å². The first kappa shape index (κ1) is 27.8. The molecule has 0 N–H and O–H groups in total. The lowest BCUT2D eigenvalue weighted by molar-refractivity contribution is 0.0874. The first-order valence-electron chi connectivity index (χ1n) is 14.3. The van der Waals surface area contributed by atoms with Gasteiger partial charge in [0.05, 0.1) is 17.5 Å². The van der Waals surface area contributed by atoms with Gasteiger partial charge in [0.1, 0.15) is 0 Å². The number of rotatable bonds is 10. The van der Waals surface area contributed by atoms with Crippen LogP contribution in [0.4, 0.5) is 11.4 Å². The van der Waals surface area contributed by atoms with E-state index in [9.17, 15) is 0 Å². The Morgan fingerprint density at radius 1 is 0.718 bits per heavy atom. The third-order valence-electron chi connectivity index (χ3n) is 7.30. The van der Waals surface area contributed by atoms with E-state index in [1.807, 2.05) is 11.8 Å². The van der Waals surface area contributed by atoms with Gasteiger partial charge in [-0.3, -0.25) is 0 Å². The van der Waals surface area contributed by atoms with Gasteiger partial charge in [0.2, 0.25) is 0 Å². The van der Waals surface area contributed by atoms with E-state index in [1.54, 1.807) is 0 Å². The van der Waals surface area contributed by atoms with Gasteiger partial charge in [-0.15, -0.1) is 0 Å². The normalized spacial score (nSPS) is 13.7. The molecule has 0 saturated carbocycles. The number of fused-ring (bicyclic) bond motifs is 2. The second-order valence-corrected chi connectivity index (χ2v) is 14.5. The summed E-state index contributed by atoms with van der Waals surface area (Å²) < 4.78 is 7.35. The van der Waals surface area contributed by atoms with Crippen molar-refractivity contribution in [3.63, 3.8) is 0 Å². The molecule has 4 heteroatoms. The summed E-state index contributed by atoms with van der Waals surface area (Å²) in [5.74, 6) is 0. The van der Waals surface area contributed by atoms with Crippen molar-refractivity contribution in [3.8, 4) is 0 Å². The zero-order valence-electron chi connectivity index (χ0n) is 23.7. The Balaban J connectivity index is 1.57.